The summed E-state index contributed by atoms with van der Waals surface area (Å²) in [7, 11) is 1.85. The minimum absolute atomic E-state index is 0.104. The van der Waals surface area contributed by atoms with E-state index in [1.54, 1.807) is 18.6 Å². The molecule has 0 saturated heterocycles. The van der Waals surface area contributed by atoms with Gasteiger partial charge in [0.1, 0.15) is 6.10 Å². The van der Waals surface area contributed by atoms with Crippen LogP contribution in [0.5, 0.6) is 5.75 Å². The third kappa shape index (κ3) is 2.72. The molecule has 0 saturated carbocycles. The summed E-state index contributed by atoms with van der Waals surface area (Å²) < 4.78 is 5.83. The van der Waals surface area contributed by atoms with Crippen molar-refractivity contribution in [2.45, 2.75) is 13.0 Å². The monoisotopic (exact) mass is 229 g/mol. The fourth-order valence-corrected chi connectivity index (χ4v) is 1.55. The minimum Gasteiger partial charge on any atom is -0.481 e. The third-order valence-corrected chi connectivity index (χ3v) is 2.46. The predicted octanol–water partition coefficient (Wildman–Crippen LogP) is 2.66. The van der Waals surface area contributed by atoms with Crippen LogP contribution in [0.4, 0.5) is 5.69 Å². The molecule has 0 unspecified atom stereocenters. The zero-order valence-electron chi connectivity index (χ0n) is 9.92. The van der Waals surface area contributed by atoms with Crippen LogP contribution >= 0.6 is 0 Å². The number of hydrogen-bond acceptors (Lipinski definition) is 4. The zero-order chi connectivity index (χ0) is 12.1. The number of ether oxygens (including phenoxy) is 1. The largest absolute Gasteiger partial charge is 0.481 e. The van der Waals surface area contributed by atoms with Crippen LogP contribution in [0.3, 0.4) is 0 Å². The van der Waals surface area contributed by atoms with Crippen molar-refractivity contribution in [1.29, 1.82) is 0 Å². The zero-order valence-corrected chi connectivity index (χ0v) is 9.92. The molecule has 0 aliphatic carbocycles. The highest BCUT2D eigenvalue weighted by Crippen LogP contribution is 2.26. The van der Waals surface area contributed by atoms with Gasteiger partial charge in [0.05, 0.1) is 17.6 Å². The third-order valence-electron chi connectivity index (χ3n) is 2.46. The molecule has 0 aliphatic heterocycles. The number of rotatable bonds is 4. The van der Waals surface area contributed by atoms with Crippen LogP contribution < -0.4 is 10.1 Å². The van der Waals surface area contributed by atoms with Gasteiger partial charge >= 0.3 is 0 Å². The van der Waals surface area contributed by atoms with Crippen LogP contribution in [-0.2, 0) is 0 Å². The first-order chi connectivity index (χ1) is 8.31. The highest BCUT2D eigenvalue weighted by molar-refractivity contribution is 5.54. The quantitative estimate of drug-likeness (QED) is 0.875. The van der Waals surface area contributed by atoms with Gasteiger partial charge in [-0.3, -0.25) is 9.97 Å². The molecule has 1 N–H and O–H groups in total. The molecule has 0 spiro atoms. The number of anilines is 1. The molecule has 2 aromatic rings. The van der Waals surface area contributed by atoms with E-state index in [1.165, 1.54) is 0 Å². The number of aromatic nitrogens is 2. The van der Waals surface area contributed by atoms with Crippen molar-refractivity contribution in [2.75, 3.05) is 12.4 Å². The smallest absolute Gasteiger partial charge is 0.161 e. The van der Waals surface area contributed by atoms with Crippen molar-refractivity contribution in [1.82, 2.24) is 9.97 Å². The van der Waals surface area contributed by atoms with Crippen LogP contribution in [0, 0.1) is 0 Å². The van der Waals surface area contributed by atoms with Crippen molar-refractivity contribution >= 4 is 5.69 Å². The first-order valence-electron chi connectivity index (χ1n) is 5.50. The Morgan fingerprint density at radius 3 is 2.82 bits per heavy atom. The Bertz CT molecular complexity index is 473. The Hall–Kier alpha value is -2.10. The van der Waals surface area contributed by atoms with E-state index in [0.29, 0.717) is 0 Å². The molecule has 17 heavy (non-hydrogen) atoms. The van der Waals surface area contributed by atoms with E-state index in [2.05, 4.69) is 15.3 Å². The Balaban J connectivity index is 2.16. The molecule has 2 heterocycles. The lowest BCUT2D eigenvalue weighted by molar-refractivity contribution is 0.222. The summed E-state index contributed by atoms with van der Waals surface area (Å²) in [5.41, 5.74) is 1.82. The molecule has 88 valence electrons. The van der Waals surface area contributed by atoms with E-state index >= 15 is 0 Å². The van der Waals surface area contributed by atoms with Gasteiger partial charge in [-0.1, -0.05) is 6.07 Å². The van der Waals surface area contributed by atoms with E-state index in [9.17, 15) is 0 Å². The van der Waals surface area contributed by atoms with Gasteiger partial charge in [0.25, 0.3) is 0 Å². The van der Waals surface area contributed by atoms with Crippen molar-refractivity contribution in [3.8, 4) is 5.75 Å². The molecular weight excluding hydrogens is 214 g/mol. The Morgan fingerprint density at radius 1 is 1.24 bits per heavy atom. The van der Waals surface area contributed by atoms with E-state index in [0.717, 1.165) is 17.1 Å². The van der Waals surface area contributed by atoms with Crippen molar-refractivity contribution in [2.24, 2.45) is 0 Å². The van der Waals surface area contributed by atoms with Crippen molar-refractivity contribution in [3.63, 3.8) is 0 Å². The van der Waals surface area contributed by atoms with Gasteiger partial charge in [0, 0.05) is 19.4 Å². The van der Waals surface area contributed by atoms with E-state index in [1.807, 2.05) is 38.2 Å². The average Bonchev–Trinajstić information content (AvgIpc) is 2.40. The van der Waals surface area contributed by atoms with Gasteiger partial charge in [-0.2, -0.15) is 0 Å². The lowest BCUT2D eigenvalue weighted by Crippen LogP contribution is -2.06. The molecule has 0 aromatic carbocycles. The standard InChI is InChI=1S/C13H15N3O/c1-10(11-5-3-4-7-16-11)17-13-9-15-8-6-12(13)14-2/h3-10H,1-2H3,(H,14,15)/t10-/m0/s1. The molecule has 0 amide bonds. The van der Waals surface area contributed by atoms with Gasteiger partial charge in [-0.15, -0.1) is 0 Å². The maximum absolute atomic E-state index is 5.83. The van der Waals surface area contributed by atoms with E-state index in [4.69, 9.17) is 4.74 Å². The van der Waals surface area contributed by atoms with Gasteiger partial charge in [0.15, 0.2) is 5.75 Å². The first kappa shape index (κ1) is 11.4. The van der Waals surface area contributed by atoms with Crippen LogP contribution in [-0.4, -0.2) is 17.0 Å². The van der Waals surface area contributed by atoms with E-state index in [-0.39, 0.29) is 6.10 Å². The predicted molar refractivity (Wildman–Crippen MR) is 67.1 cm³/mol. The normalized spacial score (nSPS) is 11.9. The average molecular weight is 229 g/mol. The van der Waals surface area contributed by atoms with Gasteiger partial charge < -0.3 is 10.1 Å². The molecule has 1 atom stereocenters. The van der Waals surface area contributed by atoms with Crippen LogP contribution in [0.2, 0.25) is 0 Å². The fraction of sp³-hybridized carbons (Fsp3) is 0.231. The molecule has 4 heteroatoms. The molecular formula is C13H15N3O. The summed E-state index contributed by atoms with van der Waals surface area (Å²) in [6.07, 6.45) is 5.08. The second kappa shape index (κ2) is 5.30. The minimum atomic E-state index is -0.104. The summed E-state index contributed by atoms with van der Waals surface area (Å²) >= 11 is 0. The summed E-state index contributed by atoms with van der Waals surface area (Å²) in [5, 5.41) is 3.07. The maximum atomic E-state index is 5.83. The fourth-order valence-electron chi connectivity index (χ4n) is 1.55. The van der Waals surface area contributed by atoms with Crippen molar-refractivity contribution in [3.05, 3.63) is 48.5 Å². The van der Waals surface area contributed by atoms with Gasteiger partial charge in [-0.25, -0.2) is 0 Å². The molecule has 0 radical (unpaired) electrons. The Morgan fingerprint density at radius 2 is 2.12 bits per heavy atom. The van der Waals surface area contributed by atoms with Gasteiger partial charge in [-0.05, 0) is 25.1 Å². The van der Waals surface area contributed by atoms with Crippen LogP contribution in [0.25, 0.3) is 0 Å². The lowest BCUT2D eigenvalue weighted by atomic mass is 10.2. The highest BCUT2D eigenvalue weighted by Gasteiger charge is 2.10. The molecule has 0 bridgehead atoms. The summed E-state index contributed by atoms with van der Waals surface area (Å²) in [6, 6.07) is 7.66. The number of nitrogens with zero attached hydrogens (tertiary/aromatic N) is 2. The number of pyridine rings is 2. The molecule has 2 rings (SSSR count). The number of hydrogen-bond donors (Lipinski definition) is 1. The summed E-state index contributed by atoms with van der Waals surface area (Å²) in [5.74, 6) is 0.730. The molecule has 4 nitrogen and oxygen atoms in total. The Kier molecular flexibility index (Phi) is 3.55. The summed E-state index contributed by atoms with van der Waals surface area (Å²) in [4.78, 5) is 8.32. The molecule has 2 aromatic heterocycles. The first-order valence-corrected chi connectivity index (χ1v) is 5.50. The Labute approximate surface area is 101 Å². The maximum Gasteiger partial charge on any atom is 0.161 e. The molecule has 0 fully saturated rings. The summed E-state index contributed by atoms with van der Waals surface area (Å²) in [6.45, 7) is 1.97. The molecule has 0 aliphatic rings. The second-order valence-corrected chi connectivity index (χ2v) is 3.64. The second-order valence-electron chi connectivity index (χ2n) is 3.64. The topological polar surface area (TPSA) is 47.0 Å². The highest BCUT2D eigenvalue weighted by atomic mass is 16.5. The van der Waals surface area contributed by atoms with Crippen molar-refractivity contribution < 1.29 is 4.74 Å². The van der Waals surface area contributed by atoms with Crippen LogP contribution in [0.15, 0.2) is 42.9 Å². The van der Waals surface area contributed by atoms with E-state index < -0.39 is 0 Å². The van der Waals surface area contributed by atoms with Gasteiger partial charge in [0.2, 0.25) is 0 Å². The number of nitrogens with one attached hydrogen (secondary N) is 1. The van der Waals surface area contributed by atoms with Crippen LogP contribution in [0.1, 0.15) is 18.7 Å². The lowest BCUT2D eigenvalue weighted by Gasteiger charge is -2.16. The SMILES string of the molecule is CNc1ccncc1O[C@@H](C)c1ccccn1.